The van der Waals surface area contributed by atoms with Gasteiger partial charge in [-0.1, -0.05) is 6.92 Å². The predicted octanol–water partition coefficient (Wildman–Crippen LogP) is 2.51. The molecule has 4 nitrogen and oxygen atoms in total. The number of esters is 1. The van der Waals surface area contributed by atoms with Crippen LogP contribution >= 0.6 is 0 Å². The van der Waals surface area contributed by atoms with Crippen LogP contribution < -0.4 is 5.32 Å². The second kappa shape index (κ2) is 8.54. The second-order valence-electron chi connectivity index (χ2n) is 5.73. The van der Waals surface area contributed by atoms with Gasteiger partial charge in [0.25, 0.3) is 0 Å². The molecular weight excluding hydrogens is 242 g/mol. The molecule has 1 saturated carbocycles. The molecule has 4 heteroatoms. The van der Waals surface area contributed by atoms with Crippen LogP contribution in [0, 0.1) is 5.92 Å². The van der Waals surface area contributed by atoms with E-state index in [4.69, 9.17) is 9.47 Å². The Kier molecular flexibility index (Phi) is 7.39. The molecule has 0 radical (unpaired) electrons. The molecule has 1 atom stereocenters. The Bertz CT molecular complexity index is 266. The molecule has 0 aromatic carbocycles. The summed E-state index contributed by atoms with van der Waals surface area (Å²) < 4.78 is 10.5. The SMILES string of the molecule is CCCNC(C)(CCCCOCC1CC1)C(=O)OC. The lowest BCUT2D eigenvalue weighted by Gasteiger charge is -2.28. The van der Waals surface area contributed by atoms with Gasteiger partial charge < -0.3 is 14.8 Å². The maximum atomic E-state index is 11.8. The highest BCUT2D eigenvalue weighted by atomic mass is 16.5. The molecule has 19 heavy (non-hydrogen) atoms. The van der Waals surface area contributed by atoms with Crippen LogP contribution in [-0.2, 0) is 14.3 Å². The van der Waals surface area contributed by atoms with Crippen LogP contribution in [0.1, 0.15) is 52.4 Å². The summed E-state index contributed by atoms with van der Waals surface area (Å²) in [6, 6.07) is 0. The van der Waals surface area contributed by atoms with E-state index in [0.717, 1.165) is 51.4 Å². The van der Waals surface area contributed by atoms with Crippen LogP contribution in [0.5, 0.6) is 0 Å². The van der Waals surface area contributed by atoms with E-state index in [1.165, 1.54) is 20.0 Å². The summed E-state index contributed by atoms with van der Waals surface area (Å²) >= 11 is 0. The third-order valence-electron chi connectivity index (χ3n) is 3.67. The summed E-state index contributed by atoms with van der Waals surface area (Å²) in [5, 5.41) is 3.30. The van der Waals surface area contributed by atoms with E-state index in [2.05, 4.69) is 12.2 Å². The standard InChI is InChI=1S/C15H29NO3/c1-4-10-16-15(2,14(17)18-3)9-5-6-11-19-12-13-7-8-13/h13,16H,4-12H2,1-3H3. The fraction of sp³-hybridized carbons (Fsp3) is 0.933. The molecule has 1 unspecified atom stereocenters. The topological polar surface area (TPSA) is 47.6 Å². The highest BCUT2D eigenvalue weighted by Gasteiger charge is 2.32. The van der Waals surface area contributed by atoms with E-state index in [9.17, 15) is 4.79 Å². The lowest BCUT2D eigenvalue weighted by atomic mass is 9.94. The molecule has 1 aliphatic rings. The van der Waals surface area contributed by atoms with Gasteiger partial charge in [-0.3, -0.25) is 4.79 Å². The number of hydrogen-bond donors (Lipinski definition) is 1. The van der Waals surface area contributed by atoms with Crippen molar-refractivity contribution >= 4 is 5.97 Å². The molecular formula is C15H29NO3. The van der Waals surface area contributed by atoms with Gasteiger partial charge in [0.15, 0.2) is 0 Å². The Morgan fingerprint density at radius 1 is 1.37 bits per heavy atom. The van der Waals surface area contributed by atoms with Crippen molar-refractivity contribution in [2.45, 2.75) is 57.9 Å². The van der Waals surface area contributed by atoms with Gasteiger partial charge >= 0.3 is 5.97 Å². The second-order valence-corrected chi connectivity index (χ2v) is 5.73. The number of unbranched alkanes of at least 4 members (excludes halogenated alkanes) is 1. The number of hydrogen-bond acceptors (Lipinski definition) is 4. The van der Waals surface area contributed by atoms with Gasteiger partial charge in [0.05, 0.1) is 7.11 Å². The molecule has 1 aliphatic carbocycles. The zero-order valence-electron chi connectivity index (χ0n) is 12.7. The quantitative estimate of drug-likeness (QED) is 0.463. The van der Waals surface area contributed by atoms with Crippen molar-refractivity contribution in [3.63, 3.8) is 0 Å². The van der Waals surface area contributed by atoms with Crippen molar-refractivity contribution in [2.75, 3.05) is 26.9 Å². The third-order valence-corrected chi connectivity index (χ3v) is 3.67. The Morgan fingerprint density at radius 3 is 2.68 bits per heavy atom. The number of ether oxygens (including phenoxy) is 2. The minimum Gasteiger partial charge on any atom is -0.468 e. The molecule has 0 amide bonds. The molecule has 0 aromatic heterocycles. The Balaban J connectivity index is 2.16. The normalized spacial score (nSPS) is 18.1. The zero-order valence-corrected chi connectivity index (χ0v) is 12.7. The van der Waals surface area contributed by atoms with Crippen LogP contribution in [0.4, 0.5) is 0 Å². The lowest BCUT2D eigenvalue weighted by Crippen LogP contribution is -2.50. The monoisotopic (exact) mass is 271 g/mol. The Hall–Kier alpha value is -0.610. The van der Waals surface area contributed by atoms with Crippen molar-refractivity contribution in [3.8, 4) is 0 Å². The molecule has 112 valence electrons. The van der Waals surface area contributed by atoms with E-state index in [1.807, 2.05) is 6.92 Å². The van der Waals surface area contributed by atoms with Gasteiger partial charge in [-0.2, -0.15) is 0 Å². The lowest BCUT2D eigenvalue weighted by molar-refractivity contribution is -0.148. The first-order valence-corrected chi connectivity index (χ1v) is 7.53. The molecule has 0 heterocycles. The summed E-state index contributed by atoms with van der Waals surface area (Å²) in [7, 11) is 1.45. The van der Waals surface area contributed by atoms with Crippen LogP contribution in [0.3, 0.4) is 0 Å². The first-order valence-electron chi connectivity index (χ1n) is 7.53. The van der Waals surface area contributed by atoms with Crippen molar-refractivity contribution in [3.05, 3.63) is 0 Å². The van der Waals surface area contributed by atoms with Gasteiger partial charge in [0, 0.05) is 13.2 Å². The third kappa shape index (κ3) is 6.39. The fourth-order valence-corrected chi connectivity index (χ4v) is 2.11. The number of nitrogens with one attached hydrogen (secondary N) is 1. The summed E-state index contributed by atoms with van der Waals surface area (Å²) in [6.07, 6.45) is 6.46. The van der Waals surface area contributed by atoms with E-state index < -0.39 is 5.54 Å². The summed E-state index contributed by atoms with van der Waals surface area (Å²) in [5.74, 6) is 0.659. The van der Waals surface area contributed by atoms with E-state index >= 15 is 0 Å². The smallest absolute Gasteiger partial charge is 0.325 e. The average molecular weight is 271 g/mol. The van der Waals surface area contributed by atoms with Crippen molar-refractivity contribution < 1.29 is 14.3 Å². The first-order chi connectivity index (χ1) is 9.12. The van der Waals surface area contributed by atoms with E-state index in [-0.39, 0.29) is 5.97 Å². The molecule has 1 N–H and O–H groups in total. The largest absolute Gasteiger partial charge is 0.468 e. The van der Waals surface area contributed by atoms with Crippen LogP contribution in [0.25, 0.3) is 0 Å². The van der Waals surface area contributed by atoms with E-state index in [1.54, 1.807) is 0 Å². The highest BCUT2D eigenvalue weighted by Crippen LogP contribution is 2.28. The molecule has 0 aromatic rings. The molecule has 0 bridgehead atoms. The number of carbonyl (C=O) groups excluding carboxylic acids is 1. The fourth-order valence-electron chi connectivity index (χ4n) is 2.11. The van der Waals surface area contributed by atoms with Crippen molar-refractivity contribution in [1.82, 2.24) is 5.32 Å². The van der Waals surface area contributed by atoms with Crippen LogP contribution in [0.2, 0.25) is 0 Å². The first kappa shape index (κ1) is 16.4. The number of carbonyl (C=O) groups is 1. The predicted molar refractivity (Wildman–Crippen MR) is 76.1 cm³/mol. The Morgan fingerprint density at radius 2 is 2.11 bits per heavy atom. The maximum absolute atomic E-state index is 11.8. The van der Waals surface area contributed by atoms with Gasteiger partial charge in [0.2, 0.25) is 0 Å². The van der Waals surface area contributed by atoms with Gasteiger partial charge in [0.1, 0.15) is 5.54 Å². The van der Waals surface area contributed by atoms with Crippen molar-refractivity contribution in [1.29, 1.82) is 0 Å². The molecule has 1 fully saturated rings. The van der Waals surface area contributed by atoms with E-state index in [0.29, 0.717) is 0 Å². The molecule has 0 spiro atoms. The molecule has 1 rings (SSSR count). The number of methoxy groups -OCH3 is 1. The Labute approximate surface area is 117 Å². The van der Waals surface area contributed by atoms with Crippen LogP contribution in [-0.4, -0.2) is 38.4 Å². The van der Waals surface area contributed by atoms with Crippen LogP contribution in [0.15, 0.2) is 0 Å². The maximum Gasteiger partial charge on any atom is 0.325 e. The summed E-state index contributed by atoms with van der Waals surface area (Å²) in [4.78, 5) is 11.8. The van der Waals surface area contributed by atoms with Gasteiger partial charge in [-0.05, 0) is 57.9 Å². The molecule has 0 aliphatic heterocycles. The average Bonchev–Trinajstić information content (AvgIpc) is 3.23. The van der Waals surface area contributed by atoms with Gasteiger partial charge in [-0.25, -0.2) is 0 Å². The molecule has 0 saturated heterocycles. The zero-order chi connectivity index (χ0) is 14.1. The highest BCUT2D eigenvalue weighted by molar-refractivity contribution is 5.80. The minimum atomic E-state index is -0.554. The summed E-state index contributed by atoms with van der Waals surface area (Å²) in [6.45, 7) is 6.59. The summed E-state index contributed by atoms with van der Waals surface area (Å²) in [5.41, 5.74) is -0.554. The number of rotatable bonds is 11. The minimum absolute atomic E-state index is 0.167. The van der Waals surface area contributed by atoms with Gasteiger partial charge in [-0.15, -0.1) is 0 Å². The van der Waals surface area contributed by atoms with Crippen molar-refractivity contribution in [2.24, 2.45) is 5.92 Å².